The Labute approximate surface area is 109 Å². The van der Waals surface area contributed by atoms with Crippen LogP contribution < -0.4 is 5.32 Å². The van der Waals surface area contributed by atoms with E-state index in [1.165, 1.54) is 7.11 Å². The van der Waals surface area contributed by atoms with Crippen LogP contribution >= 0.6 is 0 Å². The molecule has 0 radical (unpaired) electrons. The molecule has 0 heterocycles. The van der Waals surface area contributed by atoms with E-state index < -0.39 is 12.2 Å². The van der Waals surface area contributed by atoms with Crippen molar-refractivity contribution in [3.05, 3.63) is 0 Å². The second-order valence-electron chi connectivity index (χ2n) is 4.42. The van der Waals surface area contributed by atoms with E-state index in [1.54, 1.807) is 0 Å². The van der Waals surface area contributed by atoms with Crippen LogP contribution in [0.1, 0.15) is 13.8 Å². The fraction of sp³-hybridized carbons (Fsp3) is 1.00. The van der Waals surface area contributed by atoms with Gasteiger partial charge < -0.3 is 29.7 Å². The van der Waals surface area contributed by atoms with Gasteiger partial charge in [0.25, 0.3) is 0 Å². The molecule has 0 bridgehead atoms. The van der Waals surface area contributed by atoms with Gasteiger partial charge in [-0.15, -0.1) is 0 Å². The molecule has 0 spiro atoms. The van der Waals surface area contributed by atoms with Crippen LogP contribution in [0.15, 0.2) is 0 Å². The van der Waals surface area contributed by atoms with Gasteiger partial charge in [-0.3, -0.25) is 0 Å². The van der Waals surface area contributed by atoms with Crippen molar-refractivity contribution in [2.45, 2.75) is 32.2 Å². The molecule has 0 saturated heterocycles. The van der Waals surface area contributed by atoms with E-state index in [4.69, 9.17) is 14.2 Å². The molecule has 0 aromatic rings. The summed E-state index contributed by atoms with van der Waals surface area (Å²) in [5, 5.41) is 21.8. The first-order valence-corrected chi connectivity index (χ1v) is 6.31. The van der Waals surface area contributed by atoms with Gasteiger partial charge in [-0.1, -0.05) is 0 Å². The highest BCUT2D eigenvalue weighted by atomic mass is 16.5. The molecule has 0 amide bonds. The Morgan fingerprint density at radius 1 is 1.00 bits per heavy atom. The Morgan fingerprint density at radius 2 is 1.61 bits per heavy atom. The molecule has 0 aliphatic carbocycles. The Balaban J connectivity index is 3.29. The summed E-state index contributed by atoms with van der Waals surface area (Å²) in [7, 11) is 1.53. The van der Waals surface area contributed by atoms with Crippen LogP contribution in [0.5, 0.6) is 0 Å². The lowest BCUT2D eigenvalue weighted by molar-refractivity contribution is -0.0110. The zero-order chi connectivity index (χ0) is 13.8. The molecule has 6 heteroatoms. The third kappa shape index (κ3) is 12.2. The number of aliphatic hydroxyl groups is 2. The topological polar surface area (TPSA) is 80.2 Å². The smallest absolute Gasteiger partial charge is 0.0897 e. The summed E-state index contributed by atoms with van der Waals surface area (Å²) in [6.07, 6.45) is -0.941. The van der Waals surface area contributed by atoms with Crippen molar-refractivity contribution in [2.24, 2.45) is 0 Å². The number of aliphatic hydroxyl groups excluding tert-OH is 2. The number of methoxy groups -OCH3 is 1. The monoisotopic (exact) mass is 265 g/mol. The van der Waals surface area contributed by atoms with E-state index in [9.17, 15) is 10.2 Å². The molecule has 0 aromatic heterocycles. The van der Waals surface area contributed by atoms with Gasteiger partial charge in [0.15, 0.2) is 0 Å². The van der Waals surface area contributed by atoms with Crippen molar-refractivity contribution in [1.29, 1.82) is 0 Å². The van der Waals surface area contributed by atoms with Gasteiger partial charge in [0, 0.05) is 20.2 Å². The summed E-state index contributed by atoms with van der Waals surface area (Å²) < 4.78 is 15.3. The minimum absolute atomic E-state index is 0.197. The molecule has 110 valence electrons. The van der Waals surface area contributed by atoms with Gasteiger partial charge in [-0.05, 0) is 13.8 Å². The summed E-state index contributed by atoms with van der Waals surface area (Å²) >= 11 is 0. The van der Waals surface area contributed by atoms with E-state index in [0.29, 0.717) is 26.3 Å². The number of hydrogen-bond acceptors (Lipinski definition) is 6. The molecular formula is C12H27NO5. The molecule has 0 rings (SSSR count). The zero-order valence-corrected chi connectivity index (χ0v) is 11.6. The Kier molecular flexibility index (Phi) is 11.7. The first kappa shape index (κ1) is 17.8. The normalized spacial score (nSPS) is 15.0. The zero-order valence-electron chi connectivity index (χ0n) is 11.6. The van der Waals surface area contributed by atoms with E-state index >= 15 is 0 Å². The summed E-state index contributed by atoms with van der Waals surface area (Å²) in [5.74, 6) is 0. The van der Waals surface area contributed by atoms with Gasteiger partial charge in [0.1, 0.15) is 0 Å². The molecule has 2 unspecified atom stereocenters. The summed E-state index contributed by atoms with van der Waals surface area (Å²) in [4.78, 5) is 0. The Bertz CT molecular complexity index is 180. The standard InChI is InChI=1S/C12H27NO5/c1-10(2)18-5-4-17-9-12(15)7-13-6-11(14)8-16-3/h10-15H,4-9H2,1-3H3. The van der Waals surface area contributed by atoms with Crippen LogP contribution in [-0.4, -0.2) is 75.2 Å². The predicted octanol–water partition coefficient (Wildman–Crippen LogP) is -0.614. The highest BCUT2D eigenvalue weighted by Crippen LogP contribution is 1.89. The number of ether oxygens (including phenoxy) is 3. The van der Waals surface area contributed by atoms with Crippen molar-refractivity contribution in [2.75, 3.05) is 46.6 Å². The molecule has 0 aliphatic rings. The first-order chi connectivity index (χ1) is 8.56. The molecule has 0 saturated carbocycles. The largest absolute Gasteiger partial charge is 0.389 e. The van der Waals surface area contributed by atoms with Crippen LogP contribution in [0, 0.1) is 0 Å². The minimum atomic E-state index is -0.584. The molecule has 0 fully saturated rings. The van der Waals surface area contributed by atoms with Gasteiger partial charge in [-0.2, -0.15) is 0 Å². The summed E-state index contributed by atoms with van der Waals surface area (Å²) in [6.45, 7) is 6.24. The average molecular weight is 265 g/mol. The molecular weight excluding hydrogens is 238 g/mol. The average Bonchev–Trinajstić information content (AvgIpc) is 2.28. The minimum Gasteiger partial charge on any atom is -0.389 e. The Morgan fingerprint density at radius 3 is 2.17 bits per heavy atom. The quantitative estimate of drug-likeness (QED) is 0.408. The second kappa shape index (κ2) is 11.8. The third-order valence-corrected chi connectivity index (χ3v) is 2.11. The SMILES string of the molecule is COCC(O)CNCC(O)COCCOC(C)C. The lowest BCUT2D eigenvalue weighted by Gasteiger charge is -2.15. The van der Waals surface area contributed by atoms with Crippen LogP contribution in [-0.2, 0) is 14.2 Å². The van der Waals surface area contributed by atoms with Crippen LogP contribution in [0.2, 0.25) is 0 Å². The molecule has 0 aliphatic heterocycles. The van der Waals surface area contributed by atoms with Crippen molar-refractivity contribution < 1.29 is 24.4 Å². The van der Waals surface area contributed by atoms with E-state index in [0.717, 1.165) is 0 Å². The number of nitrogens with one attached hydrogen (secondary N) is 1. The van der Waals surface area contributed by atoms with Gasteiger partial charge in [0.2, 0.25) is 0 Å². The lowest BCUT2D eigenvalue weighted by atomic mass is 10.3. The molecule has 6 nitrogen and oxygen atoms in total. The van der Waals surface area contributed by atoms with E-state index in [1.807, 2.05) is 13.8 Å². The number of hydrogen-bond donors (Lipinski definition) is 3. The third-order valence-electron chi connectivity index (χ3n) is 2.11. The molecule has 18 heavy (non-hydrogen) atoms. The first-order valence-electron chi connectivity index (χ1n) is 6.31. The second-order valence-corrected chi connectivity index (χ2v) is 4.42. The maximum absolute atomic E-state index is 9.56. The molecule has 3 N–H and O–H groups in total. The van der Waals surface area contributed by atoms with E-state index in [-0.39, 0.29) is 19.3 Å². The summed E-state index contributed by atoms with van der Waals surface area (Å²) in [5.41, 5.74) is 0. The van der Waals surface area contributed by atoms with Gasteiger partial charge in [-0.25, -0.2) is 0 Å². The van der Waals surface area contributed by atoms with Crippen molar-refractivity contribution in [1.82, 2.24) is 5.32 Å². The van der Waals surface area contributed by atoms with Crippen LogP contribution in [0.3, 0.4) is 0 Å². The molecule has 0 aromatic carbocycles. The van der Waals surface area contributed by atoms with E-state index in [2.05, 4.69) is 5.32 Å². The van der Waals surface area contributed by atoms with Crippen molar-refractivity contribution in [3.8, 4) is 0 Å². The lowest BCUT2D eigenvalue weighted by Crippen LogP contribution is -2.36. The summed E-state index contributed by atoms with van der Waals surface area (Å²) in [6, 6.07) is 0. The molecule has 2 atom stereocenters. The van der Waals surface area contributed by atoms with Crippen LogP contribution in [0.25, 0.3) is 0 Å². The highest BCUT2D eigenvalue weighted by molar-refractivity contribution is 4.62. The number of rotatable bonds is 12. The van der Waals surface area contributed by atoms with Crippen LogP contribution in [0.4, 0.5) is 0 Å². The van der Waals surface area contributed by atoms with Gasteiger partial charge in [0.05, 0.1) is 44.7 Å². The Hall–Kier alpha value is -0.240. The predicted molar refractivity (Wildman–Crippen MR) is 68.7 cm³/mol. The van der Waals surface area contributed by atoms with Crippen molar-refractivity contribution >= 4 is 0 Å². The maximum atomic E-state index is 9.56. The highest BCUT2D eigenvalue weighted by Gasteiger charge is 2.06. The fourth-order valence-electron chi connectivity index (χ4n) is 1.29. The fourth-order valence-corrected chi connectivity index (χ4v) is 1.29. The van der Waals surface area contributed by atoms with Crippen molar-refractivity contribution in [3.63, 3.8) is 0 Å². The maximum Gasteiger partial charge on any atom is 0.0897 e. The van der Waals surface area contributed by atoms with Gasteiger partial charge >= 0.3 is 0 Å².